The highest BCUT2D eigenvalue weighted by Gasteiger charge is 2.20. The maximum absolute atomic E-state index is 12.4. The standard InChI is InChI=1S/C19H27N3O2/c1-4-8-16(5-2)20-19(24)21-17-10-9-15(13-14(17)3)18(23)22-11-6-7-12-22/h4,9-10,13,16H,1,5-8,11-12H2,2-3H3,(H2,20,21,24)/t16-/m1/s1. The number of nitrogens with one attached hydrogen (secondary N) is 2. The van der Waals surface area contributed by atoms with Gasteiger partial charge >= 0.3 is 6.03 Å². The van der Waals surface area contributed by atoms with Gasteiger partial charge in [0, 0.05) is 30.4 Å². The largest absolute Gasteiger partial charge is 0.339 e. The van der Waals surface area contributed by atoms with Gasteiger partial charge in [-0.25, -0.2) is 4.79 Å². The quantitative estimate of drug-likeness (QED) is 0.782. The molecule has 5 nitrogen and oxygen atoms in total. The molecular formula is C19H27N3O2. The Labute approximate surface area is 144 Å². The molecule has 1 aliphatic heterocycles. The molecule has 1 fully saturated rings. The Balaban J connectivity index is 2.00. The molecule has 1 heterocycles. The van der Waals surface area contributed by atoms with Crippen LogP contribution in [0.4, 0.5) is 10.5 Å². The zero-order chi connectivity index (χ0) is 17.5. The van der Waals surface area contributed by atoms with E-state index in [-0.39, 0.29) is 18.0 Å². The summed E-state index contributed by atoms with van der Waals surface area (Å²) in [4.78, 5) is 26.4. The summed E-state index contributed by atoms with van der Waals surface area (Å²) in [5.41, 5.74) is 2.28. The summed E-state index contributed by atoms with van der Waals surface area (Å²) in [7, 11) is 0. The van der Waals surface area contributed by atoms with E-state index in [1.807, 2.05) is 24.8 Å². The van der Waals surface area contributed by atoms with Gasteiger partial charge in [0.05, 0.1) is 0 Å². The minimum absolute atomic E-state index is 0.0728. The molecule has 0 aliphatic carbocycles. The van der Waals surface area contributed by atoms with Gasteiger partial charge in [0.2, 0.25) is 0 Å². The fourth-order valence-electron chi connectivity index (χ4n) is 2.91. The van der Waals surface area contributed by atoms with E-state index in [1.165, 1.54) is 0 Å². The fraction of sp³-hybridized carbons (Fsp3) is 0.474. The topological polar surface area (TPSA) is 61.4 Å². The van der Waals surface area contributed by atoms with E-state index < -0.39 is 0 Å². The Morgan fingerprint density at radius 2 is 2.04 bits per heavy atom. The van der Waals surface area contributed by atoms with Gasteiger partial charge in [-0.15, -0.1) is 6.58 Å². The van der Waals surface area contributed by atoms with E-state index in [9.17, 15) is 9.59 Å². The van der Waals surface area contributed by atoms with Crippen molar-refractivity contribution in [2.24, 2.45) is 0 Å². The number of hydrogen-bond donors (Lipinski definition) is 2. The van der Waals surface area contributed by atoms with Crippen LogP contribution >= 0.6 is 0 Å². The van der Waals surface area contributed by atoms with Crippen molar-refractivity contribution in [3.8, 4) is 0 Å². The second-order valence-corrected chi connectivity index (χ2v) is 6.26. The van der Waals surface area contributed by atoms with Crippen LogP contribution in [0.2, 0.25) is 0 Å². The number of hydrogen-bond acceptors (Lipinski definition) is 2. The molecule has 1 atom stereocenters. The third kappa shape index (κ3) is 4.60. The molecule has 0 saturated carbocycles. The lowest BCUT2D eigenvalue weighted by atomic mass is 10.1. The first kappa shape index (κ1) is 18.0. The van der Waals surface area contributed by atoms with E-state index in [1.54, 1.807) is 18.2 Å². The maximum atomic E-state index is 12.4. The molecule has 5 heteroatoms. The Kier molecular flexibility index (Phi) is 6.41. The Bertz CT molecular complexity index is 607. The van der Waals surface area contributed by atoms with Crippen molar-refractivity contribution in [2.45, 2.75) is 45.6 Å². The van der Waals surface area contributed by atoms with Crippen LogP contribution in [0, 0.1) is 6.92 Å². The van der Waals surface area contributed by atoms with Crippen molar-refractivity contribution in [1.82, 2.24) is 10.2 Å². The first-order valence-electron chi connectivity index (χ1n) is 8.63. The van der Waals surface area contributed by atoms with Crippen LogP contribution in [0.3, 0.4) is 0 Å². The first-order chi connectivity index (χ1) is 11.5. The molecule has 2 rings (SSSR count). The van der Waals surface area contributed by atoms with Crippen LogP contribution in [0.15, 0.2) is 30.9 Å². The molecule has 0 bridgehead atoms. The summed E-state index contributed by atoms with van der Waals surface area (Å²) in [6.07, 6.45) is 5.55. The molecule has 130 valence electrons. The average molecular weight is 329 g/mol. The summed E-state index contributed by atoms with van der Waals surface area (Å²) in [5.74, 6) is 0.0728. The Morgan fingerprint density at radius 3 is 2.62 bits per heavy atom. The highest BCUT2D eigenvalue weighted by atomic mass is 16.2. The molecule has 0 unspecified atom stereocenters. The van der Waals surface area contributed by atoms with Crippen molar-refractivity contribution in [1.29, 1.82) is 0 Å². The van der Waals surface area contributed by atoms with E-state index in [4.69, 9.17) is 0 Å². The molecule has 1 aromatic carbocycles. The number of aryl methyl sites for hydroxylation is 1. The lowest BCUT2D eigenvalue weighted by Crippen LogP contribution is -2.37. The van der Waals surface area contributed by atoms with Crippen LogP contribution in [-0.4, -0.2) is 36.0 Å². The van der Waals surface area contributed by atoms with Gasteiger partial charge in [0.25, 0.3) is 5.91 Å². The molecule has 0 radical (unpaired) electrons. The maximum Gasteiger partial charge on any atom is 0.319 e. The minimum Gasteiger partial charge on any atom is -0.339 e. The second-order valence-electron chi connectivity index (χ2n) is 6.26. The minimum atomic E-state index is -0.231. The van der Waals surface area contributed by atoms with Gasteiger partial charge in [-0.3, -0.25) is 4.79 Å². The van der Waals surface area contributed by atoms with Crippen LogP contribution < -0.4 is 10.6 Å². The lowest BCUT2D eigenvalue weighted by molar-refractivity contribution is 0.0792. The number of urea groups is 1. The number of benzene rings is 1. The molecule has 0 aromatic heterocycles. The highest BCUT2D eigenvalue weighted by molar-refractivity contribution is 5.96. The molecule has 3 amide bonds. The van der Waals surface area contributed by atoms with Gasteiger partial charge in [0.15, 0.2) is 0 Å². The Hall–Kier alpha value is -2.30. The van der Waals surface area contributed by atoms with Gasteiger partial charge < -0.3 is 15.5 Å². The van der Waals surface area contributed by atoms with Crippen LogP contribution in [-0.2, 0) is 0 Å². The third-order valence-electron chi connectivity index (χ3n) is 4.39. The van der Waals surface area contributed by atoms with Crippen LogP contribution in [0.25, 0.3) is 0 Å². The van der Waals surface area contributed by atoms with Crippen molar-refractivity contribution >= 4 is 17.6 Å². The predicted octanol–water partition coefficient (Wildman–Crippen LogP) is 3.71. The summed E-state index contributed by atoms with van der Waals surface area (Å²) < 4.78 is 0. The molecule has 1 aliphatic rings. The van der Waals surface area contributed by atoms with Crippen LogP contribution in [0.5, 0.6) is 0 Å². The van der Waals surface area contributed by atoms with Crippen molar-refractivity contribution in [3.05, 3.63) is 42.0 Å². The number of carbonyl (C=O) groups is 2. The first-order valence-corrected chi connectivity index (χ1v) is 8.63. The molecule has 2 N–H and O–H groups in total. The molecule has 1 saturated heterocycles. The van der Waals surface area contributed by atoms with Gasteiger partial charge in [0.1, 0.15) is 0 Å². The molecule has 1 aromatic rings. The van der Waals surface area contributed by atoms with E-state index >= 15 is 0 Å². The zero-order valence-corrected chi connectivity index (χ0v) is 14.6. The smallest absolute Gasteiger partial charge is 0.319 e. The fourth-order valence-corrected chi connectivity index (χ4v) is 2.91. The summed E-state index contributed by atoms with van der Waals surface area (Å²) >= 11 is 0. The van der Waals surface area contributed by atoms with Crippen molar-refractivity contribution in [3.63, 3.8) is 0 Å². The third-order valence-corrected chi connectivity index (χ3v) is 4.39. The number of rotatable bonds is 6. The van der Waals surface area contributed by atoms with Crippen molar-refractivity contribution in [2.75, 3.05) is 18.4 Å². The van der Waals surface area contributed by atoms with Gasteiger partial charge in [-0.2, -0.15) is 0 Å². The number of nitrogens with zero attached hydrogens (tertiary/aromatic N) is 1. The molecule has 24 heavy (non-hydrogen) atoms. The van der Waals surface area contributed by atoms with Crippen molar-refractivity contribution < 1.29 is 9.59 Å². The summed E-state index contributed by atoms with van der Waals surface area (Å²) in [5, 5.41) is 5.79. The predicted molar refractivity (Wildman–Crippen MR) is 97.4 cm³/mol. The van der Waals surface area contributed by atoms with E-state index in [0.29, 0.717) is 5.56 Å². The van der Waals surface area contributed by atoms with Crippen LogP contribution in [0.1, 0.15) is 48.5 Å². The number of amides is 3. The Morgan fingerprint density at radius 1 is 1.33 bits per heavy atom. The monoisotopic (exact) mass is 329 g/mol. The normalized spacial score (nSPS) is 15.0. The van der Waals surface area contributed by atoms with E-state index in [0.717, 1.165) is 50.0 Å². The molecular weight excluding hydrogens is 302 g/mol. The zero-order valence-electron chi connectivity index (χ0n) is 14.6. The second kappa shape index (κ2) is 8.52. The number of carbonyl (C=O) groups excluding carboxylic acids is 2. The van der Waals surface area contributed by atoms with Gasteiger partial charge in [-0.1, -0.05) is 13.0 Å². The van der Waals surface area contributed by atoms with E-state index in [2.05, 4.69) is 17.2 Å². The SMILES string of the molecule is C=CC[C@@H](CC)NC(=O)Nc1ccc(C(=O)N2CCCC2)cc1C. The summed E-state index contributed by atoms with van der Waals surface area (Å²) in [6, 6.07) is 5.28. The lowest BCUT2D eigenvalue weighted by Gasteiger charge is -2.18. The number of anilines is 1. The van der Waals surface area contributed by atoms with Gasteiger partial charge in [-0.05, 0) is 56.4 Å². The molecule has 0 spiro atoms. The summed E-state index contributed by atoms with van der Waals surface area (Å²) in [6.45, 7) is 9.30. The number of likely N-dealkylation sites (tertiary alicyclic amines) is 1. The average Bonchev–Trinajstić information content (AvgIpc) is 3.10. The highest BCUT2D eigenvalue weighted by Crippen LogP contribution is 2.19.